The standard InChI is InChI=1S/C23H22F5N3O2/c1-33-11-10-31(22(32)29-18-7-8-20(24)21(25)13-18)15-19-6-3-9-30(19)14-16-4-2-5-17(12-16)23(26,27)28/h2-9,12-13H,10-11,14-15H2,1H3,(H,29,32). The highest BCUT2D eigenvalue weighted by Crippen LogP contribution is 2.29. The molecule has 0 aliphatic rings. The monoisotopic (exact) mass is 467 g/mol. The molecule has 0 unspecified atom stereocenters. The smallest absolute Gasteiger partial charge is 0.383 e. The quantitative estimate of drug-likeness (QED) is 0.444. The summed E-state index contributed by atoms with van der Waals surface area (Å²) in [6.07, 6.45) is -2.73. The molecule has 10 heteroatoms. The SMILES string of the molecule is COCCN(Cc1cccn1Cc1cccc(C(F)(F)F)c1)C(=O)Nc1ccc(F)c(F)c1. The van der Waals surface area contributed by atoms with E-state index in [9.17, 15) is 26.7 Å². The number of nitrogens with zero attached hydrogens (tertiary/aromatic N) is 2. The lowest BCUT2D eigenvalue weighted by molar-refractivity contribution is -0.137. The van der Waals surface area contributed by atoms with Crippen LogP contribution in [0.25, 0.3) is 0 Å². The highest BCUT2D eigenvalue weighted by atomic mass is 19.4. The number of urea groups is 1. The second-order valence-electron chi connectivity index (χ2n) is 7.30. The molecule has 0 saturated carbocycles. The maximum absolute atomic E-state index is 13.5. The Morgan fingerprint density at radius 1 is 1.06 bits per heavy atom. The molecule has 176 valence electrons. The summed E-state index contributed by atoms with van der Waals surface area (Å²) < 4.78 is 72.5. The van der Waals surface area contributed by atoms with Crippen molar-refractivity contribution in [2.75, 3.05) is 25.6 Å². The predicted molar refractivity (Wildman–Crippen MR) is 113 cm³/mol. The molecule has 0 aliphatic heterocycles. The molecule has 0 saturated heterocycles. The molecule has 5 nitrogen and oxygen atoms in total. The fourth-order valence-corrected chi connectivity index (χ4v) is 3.22. The van der Waals surface area contributed by atoms with Crippen LogP contribution in [0.3, 0.4) is 0 Å². The Kier molecular flexibility index (Phi) is 7.70. The number of halogens is 5. The van der Waals surface area contributed by atoms with Crippen LogP contribution in [0.5, 0.6) is 0 Å². The molecule has 0 spiro atoms. The van der Waals surface area contributed by atoms with Gasteiger partial charge in [-0.15, -0.1) is 0 Å². The van der Waals surface area contributed by atoms with Crippen LogP contribution in [0.15, 0.2) is 60.8 Å². The summed E-state index contributed by atoms with van der Waals surface area (Å²) in [5.41, 5.74) is 0.475. The van der Waals surface area contributed by atoms with Gasteiger partial charge in [0.15, 0.2) is 11.6 Å². The number of alkyl halides is 3. The average molecular weight is 467 g/mol. The van der Waals surface area contributed by atoms with Crippen molar-refractivity contribution in [3.05, 3.63) is 89.2 Å². The van der Waals surface area contributed by atoms with Gasteiger partial charge in [-0.25, -0.2) is 13.6 Å². The van der Waals surface area contributed by atoms with Gasteiger partial charge in [-0.1, -0.05) is 12.1 Å². The first-order valence-corrected chi connectivity index (χ1v) is 9.97. The van der Waals surface area contributed by atoms with Crippen LogP contribution >= 0.6 is 0 Å². The molecular formula is C23H22F5N3O2. The molecule has 33 heavy (non-hydrogen) atoms. The molecule has 0 bridgehead atoms. The maximum Gasteiger partial charge on any atom is 0.416 e. The van der Waals surface area contributed by atoms with Gasteiger partial charge >= 0.3 is 12.2 Å². The van der Waals surface area contributed by atoms with E-state index in [1.807, 2.05) is 0 Å². The van der Waals surface area contributed by atoms with Crippen molar-refractivity contribution in [1.82, 2.24) is 9.47 Å². The van der Waals surface area contributed by atoms with E-state index in [4.69, 9.17) is 4.74 Å². The number of ether oxygens (including phenoxy) is 1. The zero-order valence-electron chi connectivity index (χ0n) is 17.7. The van der Waals surface area contributed by atoms with E-state index < -0.39 is 29.4 Å². The van der Waals surface area contributed by atoms with Crippen molar-refractivity contribution in [3.8, 4) is 0 Å². The van der Waals surface area contributed by atoms with E-state index in [-0.39, 0.29) is 31.9 Å². The Morgan fingerprint density at radius 3 is 2.55 bits per heavy atom. The summed E-state index contributed by atoms with van der Waals surface area (Å²) >= 11 is 0. The lowest BCUT2D eigenvalue weighted by atomic mass is 10.1. The molecule has 3 aromatic rings. The van der Waals surface area contributed by atoms with Crippen molar-refractivity contribution >= 4 is 11.7 Å². The van der Waals surface area contributed by atoms with E-state index in [0.29, 0.717) is 11.3 Å². The summed E-state index contributed by atoms with van der Waals surface area (Å²) in [4.78, 5) is 14.2. The minimum absolute atomic E-state index is 0.0839. The van der Waals surface area contributed by atoms with Crippen molar-refractivity contribution in [2.45, 2.75) is 19.3 Å². The number of carbonyl (C=O) groups is 1. The summed E-state index contributed by atoms with van der Waals surface area (Å²) in [7, 11) is 1.47. The number of carbonyl (C=O) groups excluding carboxylic acids is 1. The average Bonchev–Trinajstić information content (AvgIpc) is 3.19. The normalized spacial score (nSPS) is 11.5. The summed E-state index contributed by atoms with van der Waals surface area (Å²) in [5, 5.41) is 2.52. The molecule has 0 atom stereocenters. The second-order valence-corrected chi connectivity index (χ2v) is 7.30. The van der Waals surface area contributed by atoms with Gasteiger partial charge in [-0.3, -0.25) is 0 Å². The van der Waals surface area contributed by atoms with Crippen molar-refractivity contribution in [1.29, 1.82) is 0 Å². The minimum atomic E-state index is -4.44. The third-order valence-corrected chi connectivity index (χ3v) is 4.91. The molecule has 0 aliphatic carbocycles. The predicted octanol–water partition coefficient (Wildman–Crippen LogP) is 5.51. The third-order valence-electron chi connectivity index (χ3n) is 4.91. The van der Waals surface area contributed by atoms with Crippen LogP contribution in [-0.2, 0) is 24.0 Å². The first kappa shape index (κ1) is 24.2. The largest absolute Gasteiger partial charge is 0.416 e. The molecule has 3 rings (SSSR count). The molecule has 1 N–H and O–H groups in total. The van der Waals surface area contributed by atoms with Gasteiger partial charge in [0, 0.05) is 43.8 Å². The number of hydrogen-bond donors (Lipinski definition) is 1. The summed E-state index contributed by atoms with van der Waals surface area (Å²) in [5.74, 6) is -2.12. The van der Waals surface area contributed by atoms with E-state index in [1.165, 1.54) is 24.1 Å². The fraction of sp³-hybridized carbons (Fsp3) is 0.261. The second kappa shape index (κ2) is 10.5. The fourth-order valence-electron chi connectivity index (χ4n) is 3.22. The number of amides is 2. The van der Waals surface area contributed by atoms with E-state index in [2.05, 4.69) is 5.32 Å². The molecule has 0 fully saturated rings. The van der Waals surface area contributed by atoms with Crippen LogP contribution in [0.4, 0.5) is 32.4 Å². The Balaban J connectivity index is 1.76. The highest BCUT2D eigenvalue weighted by molar-refractivity contribution is 5.89. The molecule has 0 radical (unpaired) electrons. The van der Waals surface area contributed by atoms with Crippen LogP contribution in [0.2, 0.25) is 0 Å². The lowest BCUT2D eigenvalue weighted by Crippen LogP contribution is -2.37. The zero-order chi connectivity index (χ0) is 24.0. The van der Waals surface area contributed by atoms with Gasteiger partial charge in [-0.05, 0) is 42.0 Å². The Morgan fingerprint density at radius 2 is 1.85 bits per heavy atom. The number of rotatable bonds is 8. The summed E-state index contributed by atoms with van der Waals surface area (Å²) in [6, 6.07) is 11.0. The van der Waals surface area contributed by atoms with Crippen LogP contribution < -0.4 is 5.32 Å². The van der Waals surface area contributed by atoms with Gasteiger partial charge in [0.05, 0.1) is 18.7 Å². The number of hydrogen-bond acceptors (Lipinski definition) is 2. The van der Waals surface area contributed by atoms with Crippen molar-refractivity contribution in [2.24, 2.45) is 0 Å². The van der Waals surface area contributed by atoms with Gasteiger partial charge in [0.2, 0.25) is 0 Å². The van der Waals surface area contributed by atoms with Crippen molar-refractivity contribution in [3.63, 3.8) is 0 Å². The van der Waals surface area contributed by atoms with Crippen LogP contribution in [0.1, 0.15) is 16.8 Å². The molecular weight excluding hydrogens is 445 g/mol. The number of benzene rings is 2. The van der Waals surface area contributed by atoms with Crippen LogP contribution in [0, 0.1) is 11.6 Å². The highest BCUT2D eigenvalue weighted by Gasteiger charge is 2.30. The topological polar surface area (TPSA) is 46.5 Å². The van der Waals surface area contributed by atoms with E-state index in [1.54, 1.807) is 29.0 Å². The van der Waals surface area contributed by atoms with E-state index >= 15 is 0 Å². The summed E-state index contributed by atoms with van der Waals surface area (Å²) in [6.45, 7) is 0.709. The van der Waals surface area contributed by atoms with Gasteiger partial charge < -0.3 is 19.5 Å². The lowest BCUT2D eigenvalue weighted by Gasteiger charge is -2.24. The third kappa shape index (κ3) is 6.55. The van der Waals surface area contributed by atoms with Crippen LogP contribution in [-0.4, -0.2) is 35.8 Å². The Hall–Kier alpha value is -3.40. The molecule has 1 aromatic heterocycles. The Labute approximate surface area is 187 Å². The van der Waals surface area contributed by atoms with Gasteiger partial charge in [0.1, 0.15) is 0 Å². The molecule has 2 aromatic carbocycles. The Bertz CT molecular complexity index is 1100. The first-order valence-electron chi connectivity index (χ1n) is 9.97. The van der Waals surface area contributed by atoms with Crippen molar-refractivity contribution < 1.29 is 31.5 Å². The minimum Gasteiger partial charge on any atom is -0.383 e. The van der Waals surface area contributed by atoms with E-state index in [0.717, 1.165) is 24.3 Å². The molecule has 2 amide bonds. The van der Waals surface area contributed by atoms with Gasteiger partial charge in [-0.2, -0.15) is 13.2 Å². The number of anilines is 1. The number of aromatic nitrogens is 1. The first-order chi connectivity index (χ1) is 15.7. The number of nitrogens with one attached hydrogen (secondary N) is 1. The van der Waals surface area contributed by atoms with Gasteiger partial charge in [0.25, 0.3) is 0 Å². The zero-order valence-corrected chi connectivity index (χ0v) is 17.7. The molecule has 1 heterocycles. The number of methoxy groups -OCH3 is 1. The maximum atomic E-state index is 13.5.